The highest BCUT2D eigenvalue weighted by Crippen LogP contribution is 2.36. The summed E-state index contributed by atoms with van der Waals surface area (Å²) >= 11 is 13.6. The standard InChI is InChI=1S/C18H28Br2N4O5S.C15H23Br2N3O4S/c1-15-13-16(24(25)26)14-17(18(15)23(5-3-19)6-4-20)30(27,28)21(2)7-8-22-9-11-29-12-10-22;1-12-10-13(20(21)22)11-14(25(23,24)9-8-18(2)3)15(12)19(6-4-16)7-5-17/h13-14H,3-12H2,1-2H3;10-11H,4-9H2,1-3H3. The molecule has 0 aliphatic carbocycles. The Morgan fingerprint density at radius 2 is 1.11 bits per heavy atom. The van der Waals surface area contributed by atoms with Gasteiger partial charge in [0.2, 0.25) is 10.0 Å². The number of alkyl halides is 4. The van der Waals surface area contributed by atoms with E-state index in [1.807, 2.05) is 9.80 Å². The summed E-state index contributed by atoms with van der Waals surface area (Å²) in [4.78, 5) is 29.3. The van der Waals surface area contributed by atoms with Crippen molar-refractivity contribution in [2.75, 3.05) is 130 Å². The number of likely N-dealkylation sites (N-methyl/N-ethyl adjacent to an activating group) is 1. The predicted molar refractivity (Wildman–Crippen MR) is 233 cm³/mol. The van der Waals surface area contributed by atoms with Crippen LogP contribution in [0.1, 0.15) is 11.1 Å². The molecule has 16 nitrogen and oxygen atoms in total. The van der Waals surface area contributed by atoms with Crippen LogP contribution in [0.4, 0.5) is 22.7 Å². The number of anilines is 2. The van der Waals surface area contributed by atoms with E-state index in [9.17, 15) is 37.1 Å². The van der Waals surface area contributed by atoms with Gasteiger partial charge in [0.1, 0.15) is 4.90 Å². The SMILES string of the molecule is Cc1cc([N+](=O)[O-])cc(S(=O)(=O)CCN(C)C)c1N(CCBr)CCBr.Cc1cc([N+](=O)[O-])cc(S(=O)(=O)N(C)CCN2CCOCC2)c1N(CCBr)CCBr. The van der Waals surface area contributed by atoms with Crippen LogP contribution >= 0.6 is 63.7 Å². The zero-order valence-corrected chi connectivity index (χ0v) is 39.7. The first kappa shape index (κ1) is 49.6. The highest BCUT2D eigenvalue weighted by atomic mass is 79.9. The maximum absolute atomic E-state index is 13.5. The molecule has 3 rings (SSSR count). The number of aryl methyl sites for hydroxylation is 2. The van der Waals surface area contributed by atoms with Crippen LogP contribution in [0.2, 0.25) is 0 Å². The number of rotatable bonds is 21. The smallest absolute Gasteiger partial charge is 0.271 e. The fourth-order valence-corrected chi connectivity index (χ4v) is 10.7. The number of hydrogen-bond donors (Lipinski definition) is 0. The van der Waals surface area contributed by atoms with Crippen molar-refractivity contribution in [3.63, 3.8) is 0 Å². The number of nitro groups is 2. The van der Waals surface area contributed by atoms with Crippen LogP contribution in [0.15, 0.2) is 34.1 Å². The number of hydrogen-bond acceptors (Lipinski definition) is 13. The molecule has 0 amide bonds. The lowest BCUT2D eigenvalue weighted by Gasteiger charge is -2.30. The van der Waals surface area contributed by atoms with Crippen molar-refractivity contribution in [3.05, 3.63) is 55.6 Å². The van der Waals surface area contributed by atoms with E-state index in [1.165, 1.54) is 35.6 Å². The van der Waals surface area contributed by atoms with Gasteiger partial charge in [-0.3, -0.25) is 25.1 Å². The van der Waals surface area contributed by atoms with Crippen molar-refractivity contribution in [1.82, 2.24) is 14.1 Å². The maximum Gasteiger partial charge on any atom is 0.271 e. The molecule has 0 atom stereocenters. The van der Waals surface area contributed by atoms with E-state index in [1.54, 1.807) is 32.8 Å². The Bertz CT molecular complexity index is 1790. The molecule has 1 fully saturated rings. The number of morpholine rings is 1. The molecular weight excluding hydrogens is 1020 g/mol. The van der Waals surface area contributed by atoms with Crippen LogP contribution in [0, 0.1) is 34.1 Å². The summed E-state index contributed by atoms with van der Waals surface area (Å²) in [5, 5.41) is 25.2. The summed E-state index contributed by atoms with van der Waals surface area (Å²) in [5.41, 5.74) is 1.77. The first-order chi connectivity index (χ1) is 25.9. The number of nitrogens with zero attached hydrogens (tertiary/aromatic N) is 7. The van der Waals surface area contributed by atoms with Crippen LogP contribution in [0.5, 0.6) is 0 Å². The molecule has 0 aromatic heterocycles. The Morgan fingerprint density at radius 1 is 0.691 bits per heavy atom. The molecule has 55 heavy (non-hydrogen) atoms. The Morgan fingerprint density at radius 3 is 1.51 bits per heavy atom. The van der Waals surface area contributed by atoms with Gasteiger partial charge in [0.05, 0.1) is 45.1 Å². The van der Waals surface area contributed by atoms with Gasteiger partial charge in [0, 0.05) is 112 Å². The number of sulfone groups is 1. The van der Waals surface area contributed by atoms with Gasteiger partial charge in [-0.15, -0.1) is 0 Å². The highest BCUT2D eigenvalue weighted by molar-refractivity contribution is 9.09. The van der Waals surface area contributed by atoms with E-state index in [0.717, 1.165) is 13.1 Å². The molecule has 0 N–H and O–H groups in total. The second-order valence-electron chi connectivity index (χ2n) is 12.9. The summed E-state index contributed by atoms with van der Waals surface area (Å²) < 4.78 is 59.4. The van der Waals surface area contributed by atoms with Gasteiger partial charge < -0.3 is 19.4 Å². The van der Waals surface area contributed by atoms with Crippen LogP contribution in [-0.2, 0) is 24.6 Å². The first-order valence-corrected chi connectivity index (χ1v) is 24.9. The Labute approximate surface area is 358 Å². The van der Waals surface area contributed by atoms with E-state index < -0.39 is 29.7 Å². The van der Waals surface area contributed by atoms with Gasteiger partial charge in [0.25, 0.3) is 11.4 Å². The fraction of sp³-hybridized carbons (Fsp3) is 0.636. The number of non-ortho nitro benzene ring substituents is 2. The van der Waals surface area contributed by atoms with Crippen molar-refractivity contribution in [3.8, 4) is 0 Å². The minimum atomic E-state index is -3.93. The first-order valence-electron chi connectivity index (χ1n) is 17.3. The van der Waals surface area contributed by atoms with Crippen molar-refractivity contribution in [1.29, 1.82) is 0 Å². The van der Waals surface area contributed by atoms with Gasteiger partial charge in [-0.25, -0.2) is 16.8 Å². The lowest BCUT2D eigenvalue weighted by atomic mass is 10.1. The van der Waals surface area contributed by atoms with Crippen LogP contribution in [0.3, 0.4) is 0 Å². The van der Waals surface area contributed by atoms with Crippen molar-refractivity contribution >= 4 is 106 Å². The zero-order chi connectivity index (χ0) is 41.5. The van der Waals surface area contributed by atoms with E-state index in [0.29, 0.717) is 103 Å². The van der Waals surface area contributed by atoms with Gasteiger partial charge in [-0.05, 0) is 39.1 Å². The third-order valence-electron chi connectivity index (χ3n) is 8.64. The molecule has 22 heteroatoms. The van der Waals surface area contributed by atoms with Gasteiger partial charge in [-0.2, -0.15) is 4.31 Å². The largest absolute Gasteiger partial charge is 0.379 e. The lowest BCUT2D eigenvalue weighted by Crippen LogP contribution is -2.42. The zero-order valence-electron chi connectivity index (χ0n) is 31.8. The van der Waals surface area contributed by atoms with Crippen LogP contribution < -0.4 is 9.80 Å². The molecule has 1 aliphatic rings. The number of ether oxygens (including phenoxy) is 1. The molecule has 0 radical (unpaired) electrons. The van der Waals surface area contributed by atoms with Crippen molar-refractivity contribution in [2.45, 2.75) is 23.6 Å². The molecule has 0 bridgehead atoms. The number of nitro benzene ring substituents is 2. The Kier molecular flexibility index (Phi) is 21.5. The molecule has 2 aromatic rings. The topological polar surface area (TPSA) is 180 Å². The Balaban J connectivity index is 0.000000387. The molecule has 1 heterocycles. The average Bonchev–Trinajstić information content (AvgIpc) is 3.12. The molecule has 1 saturated heterocycles. The average molecular weight is 1070 g/mol. The number of sulfonamides is 1. The molecule has 0 spiro atoms. The highest BCUT2D eigenvalue weighted by Gasteiger charge is 2.31. The number of halogens is 4. The third kappa shape index (κ3) is 14.7. The van der Waals surface area contributed by atoms with E-state index >= 15 is 0 Å². The summed E-state index contributed by atoms with van der Waals surface area (Å²) in [7, 11) is -2.50. The molecule has 1 aliphatic heterocycles. The minimum absolute atomic E-state index is 0.0272. The second kappa shape index (κ2) is 23.8. The monoisotopic (exact) mass is 1070 g/mol. The normalized spacial score (nSPS) is 13.8. The molecule has 2 aromatic carbocycles. The van der Waals surface area contributed by atoms with Crippen molar-refractivity contribution in [2.24, 2.45) is 0 Å². The third-order valence-corrected chi connectivity index (χ3v) is 13.6. The fourth-order valence-electron chi connectivity index (χ4n) is 5.80. The summed E-state index contributed by atoms with van der Waals surface area (Å²) in [6, 6.07) is 5.22. The second-order valence-corrected chi connectivity index (χ2v) is 20.1. The Hall–Kier alpha value is -1.50. The van der Waals surface area contributed by atoms with Gasteiger partial charge >= 0.3 is 0 Å². The summed E-state index contributed by atoms with van der Waals surface area (Å²) in [6.07, 6.45) is 0. The molecule has 0 unspecified atom stereocenters. The maximum atomic E-state index is 13.5. The molecular formula is C33H51Br4N7O9S2. The van der Waals surface area contributed by atoms with Crippen molar-refractivity contribution < 1.29 is 31.4 Å². The predicted octanol–water partition coefficient (Wildman–Crippen LogP) is 5.29. The summed E-state index contributed by atoms with van der Waals surface area (Å²) in [5.74, 6) is -0.0932. The number of benzene rings is 2. The van der Waals surface area contributed by atoms with Gasteiger partial charge in [0.15, 0.2) is 9.84 Å². The molecule has 312 valence electrons. The summed E-state index contributed by atoms with van der Waals surface area (Å²) in [6.45, 7) is 9.79. The van der Waals surface area contributed by atoms with Crippen LogP contribution in [-0.4, -0.2) is 161 Å². The van der Waals surface area contributed by atoms with Gasteiger partial charge in [-0.1, -0.05) is 63.7 Å². The molecule has 0 saturated carbocycles. The lowest BCUT2D eigenvalue weighted by molar-refractivity contribution is -0.385. The van der Waals surface area contributed by atoms with E-state index in [2.05, 4.69) is 68.6 Å². The minimum Gasteiger partial charge on any atom is -0.379 e. The van der Waals surface area contributed by atoms with E-state index in [-0.39, 0.29) is 26.9 Å². The quantitative estimate of drug-likeness (QED) is 0.0896. The van der Waals surface area contributed by atoms with E-state index in [4.69, 9.17) is 4.74 Å². The van der Waals surface area contributed by atoms with Crippen LogP contribution in [0.25, 0.3) is 0 Å².